The summed E-state index contributed by atoms with van der Waals surface area (Å²) in [5.41, 5.74) is 6.77. The predicted molar refractivity (Wildman–Crippen MR) is 118 cm³/mol. The highest BCUT2D eigenvalue weighted by Crippen LogP contribution is 2.45. The summed E-state index contributed by atoms with van der Waals surface area (Å²) >= 11 is 0. The van der Waals surface area contributed by atoms with Crippen molar-refractivity contribution in [3.63, 3.8) is 0 Å². The molecule has 3 nitrogen and oxygen atoms in total. The lowest BCUT2D eigenvalue weighted by atomic mass is 9.95. The fourth-order valence-electron chi connectivity index (χ4n) is 4.18. The summed E-state index contributed by atoms with van der Waals surface area (Å²) in [4.78, 5) is 23.3. The molecule has 1 unspecified atom stereocenters. The molecule has 0 aliphatic heterocycles. The first kappa shape index (κ1) is 19.8. The van der Waals surface area contributed by atoms with Gasteiger partial charge < -0.3 is 4.74 Å². The van der Waals surface area contributed by atoms with Crippen LogP contribution in [-0.4, -0.2) is 11.8 Å². The zero-order valence-electron chi connectivity index (χ0n) is 17.2. The third-order valence-electron chi connectivity index (χ3n) is 5.39. The van der Waals surface area contributed by atoms with Crippen molar-refractivity contribution in [3.8, 4) is 11.1 Å². The molecular formula is C27H24O3. The maximum Gasteiger partial charge on any atom is 0.303 e. The standard InChI is InChI=1S/C27H24O3/c1-18(28)16-20-8-7-9-21(17-20)27(30-19(2)29)15-14-26-24-12-5-3-10-22(24)23-11-4-6-13-25(23)26/h3-15,17,26-27H,16H2,1-2H3/b15-14+. The maximum absolute atomic E-state index is 11.8. The third-order valence-corrected chi connectivity index (χ3v) is 5.39. The number of ketones is 1. The lowest BCUT2D eigenvalue weighted by Gasteiger charge is -2.16. The van der Waals surface area contributed by atoms with Crippen molar-refractivity contribution in [2.45, 2.75) is 32.3 Å². The zero-order chi connectivity index (χ0) is 21.1. The topological polar surface area (TPSA) is 43.4 Å². The Balaban J connectivity index is 1.69. The minimum absolute atomic E-state index is 0.103. The Kier molecular flexibility index (Phi) is 5.62. The summed E-state index contributed by atoms with van der Waals surface area (Å²) in [6.45, 7) is 2.99. The van der Waals surface area contributed by atoms with Gasteiger partial charge >= 0.3 is 5.97 Å². The van der Waals surface area contributed by atoms with Gasteiger partial charge in [-0.3, -0.25) is 9.59 Å². The van der Waals surface area contributed by atoms with Gasteiger partial charge in [-0.2, -0.15) is 0 Å². The van der Waals surface area contributed by atoms with Crippen molar-refractivity contribution in [2.75, 3.05) is 0 Å². The first-order valence-electron chi connectivity index (χ1n) is 10.1. The highest BCUT2D eigenvalue weighted by molar-refractivity contribution is 5.80. The minimum atomic E-state index is -0.505. The largest absolute Gasteiger partial charge is 0.453 e. The molecule has 4 rings (SSSR count). The van der Waals surface area contributed by atoms with Gasteiger partial charge in [-0.1, -0.05) is 78.9 Å². The van der Waals surface area contributed by atoms with Gasteiger partial charge in [0.05, 0.1) is 0 Å². The van der Waals surface area contributed by atoms with Crippen LogP contribution in [0.5, 0.6) is 0 Å². The molecule has 0 fully saturated rings. The van der Waals surface area contributed by atoms with Gasteiger partial charge in [-0.25, -0.2) is 0 Å². The first-order chi connectivity index (χ1) is 14.5. The van der Waals surface area contributed by atoms with E-state index in [2.05, 4.69) is 54.6 Å². The fourth-order valence-corrected chi connectivity index (χ4v) is 4.18. The highest BCUT2D eigenvalue weighted by atomic mass is 16.5. The van der Waals surface area contributed by atoms with E-state index in [1.54, 1.807) is 6.92 Å². The second kappa shape index (κ2) is 8.50. The number of Topliss-reactive ketones (excluding diaryl/α,β-unsaturated/α-hetero) is 1. The molecule has 1 aliphatic rings. The number of allylic oxidation sites excluding steroid dienone is 1. The van der Waals surface area contributed by atoms with Crippen molar-refractivity contribution in [3.05, 3.63) is 107 Å². The van der Waals surface area contributed by atoms with Crippen LogP contribution in [-0.2, 0) is 20.7 Å². The zero-order valence-corrected chi connectivity index (χ0v) is 17.2. The molecule has 3 heteroatoms. The number of hydrogen-bond acceptors (Lipinski definition) is 3. The van der Waals surface area contributed by atoms with Crippen LogP contribution in [0.2, 0.25) is 0 Å². The number of benzene rings is 3. The molecular weight excluding hydrogens is 372 g/mol. The van der Waals surface area contributed by atoms with Gasteiger partial charge in [0.15, 0.2) is 0 Å². The van der Waals surface area contributed by atoms with Gasteiger partial charge in [0.25, 0.3) is 0 Å². The van der Waals surface area contributed by atoms with Crippen molar-refractivity contribution in [1.29, 1.82) is 0 Å². The lowest BCUT2D eigenvalue weighted by molar-refractivity contribution is -0.144. The molecule has 3 aromatic rings. The summed E-state index contributed by atoms with van der Waals surface area (Å²) in [5, 5.41) is 0. The van der Waals surface area contributed by atoms with Gasteiger partial charge in [0.2, 0.25) is 0 Å². The molecule has 0 aromatic heterocycles. The number of rotatable bonds is 6. The van der Waals surface area contributed by atoms with E-state index < -0.39 is 6.10 Å². The number of esters is 1. The molecule has 30 heavy (non-hydrogen) atoms. The van der Waals surface area contributed by atoms with E-state index in [1.165, 1.54) is 29.2 Å². The molecule has 0 amide bonds. The molecule has 150 valence electrons. The fraction of sp³-hybridized carbons (Fsp3) is 0.185. The second-order valence-corrected chi connectivity index (χ2v) is 7.69. The van der Waals surface area contributed by atoms with Gasteiger partial charge in [0.1, 0.15) is 11.9 Å². The highest BCUT2D eigenvalue weighted by Gasteiger charge is 2.26. The van der Waals surface area contributed by atoms with E-state index in [0.717, 1.165) is 11.1 Å². The number of carbonyl (C=O) groups excluding carboxylic acids is 2. The number of ether oxygens (including phenoxy) is 1. The predicted octanol–water partition coefficient (Wildman–Crippen LogP) is 5.79. The SMILES string of the molecule is CC(=O)Cc1cccc(C(/C=C/C2c3ccccc3-c3ccccc32)OC(C)=O)c1. The van der Waals surface area contributed by atoms with E-state index in [0.29, 0.717) is 6.42 Å². The smallest absolute Gasteiger partial charge is 0.303 e. The Morgan fingerprint density at radius 1 is 0.900 bits per heavy atom. The normalized spacial score (nSPS) is 13.7. The van der Waals surface area contributed by atoms with Crippen molar-refractivity contribution in [2.24, 2.45) is 0 Å². The van der Waals surface area contributed by atoms with Crippen LogP contribution in [0, 0.1) is 0 Å². The van der Waals surface area contributed by atoms with E-state index in [-0.39, 0.29) is 17.7 Å². The van der Waals surface area contributed by atoms with Crippen LogP contribution in [0.4, 0.5) is 0 Å². The summed E-state index contributed by atoms with van der Waals surface area (Å²) in [7, 11) is 0. The molecule has 1 atom stereocenters. The van der Waals surface area contributed by atoms with Gasteiger partial charge in [0, 0.05) is 19.3 Å². The Labute approximate surface area is 177 Å². The van der Waals surface area contributed by atoms with E-state index in [1.807, 2.05) is 30.3 Å². The molecule has 0 N–H and O–H groups in total. The average Bonchev–Trinajstić information content (AvgIpc) is 3.04. The molecule has 3 aromatic carbocycles. The van der Waals surface area contributed by atoms with Gasteiger partial charge in [-0.15, -0.1) is 0 Å². The van der Waals surface area contributed by atoms with Crippen LogP contribution in [0.15, 0.2) is 84.9 Å². The van der Waals surface area contributed by atoms with E-state index >= 15 is 0 Å². The minimum Gasteiger partial charge on any atom is -0.453 e. The maximum atomic E-state index is 11.8. The molecule has 0 heterocycles. The molecule has 0 bridgehead atoms. The Morgan fingerprint density at radius 3 is 2.13 bits per heavy atom. The summed E-state index contributed by atoms with van der Waals surface area (Å²) in [5.74, 6) is -0.129. The van der Waals surface area contributed by atoms with E-state index in [4.69, 9.17) is 4.74 Å². The molecule has 1 aliphatic carbocycles. The summed E-state index contributed by atoms with van der Waals surface area (Å²) in [6.07, 6.45) is 3.94. The number of hydrogen-bond donors (Lipinski definition) is 0. The molecule has 0 saturated carbocycles. The van der Waals surface area contributed by atoms with Crippen molar-refractivity contribution >= 4 is 11.8 Å². The monoisotopic (exact) mass is 396 g/mol. The van der Waals surface area contributed by atoms with Crippen LogP contribution < -0.4 is 0 Å². The first-order valence-corrected chi connectivity index (χ1v) is 10.1. The number of carbonyl (C=O) groups is 2. The third kappa shape index (κ3) is 4.11. The second-order valence-electron chi connectivity index (χ2n) is 7.69. The molecule has 0 saturated heterocycles. The Morgan fingerprint density at radius 2 is 1.53 bits per heavy atom. The lowest BCUT2D eigenvalue weighted by Crippen LogP contribution is -2.08. The molecule has 0 spiro atoms. The van der Waals surface area contributed by atoms with Gasteiger partial charge in [-0.05, 0) is 46.4 Å². The molecule has 0 radical (unpaired) electrons. The Hall–Kier alpha value is -3.46. The number of fused-ring (bicyclic) bond motifs is 3. The van der Waals surface area contributed by atoms with Crippen LogP contribution in [0.25, 0.3) is 11.1 Å². The van der Waals surface area contributed by atoms with E-state index in [9.17, 15) is 9.59 Å². The van der Waals surface area contributed by atoms with Crippen LogP contribution >= 0.6 is 0 Å². The van der Waals surface area contributed by atoms with Crippen LogP contribution in [0.3, 0.4) is 0 Å². The van der Waals surface area contributed by atoms with Crippen LogP contribution in [0.1, 0.15) is 48.1 Å². The van der Waals surface area contributed by atoms with Crippen molar-refractivity contribution in [1.82, 2.24) is 0 Å². The quantitative estimate of drug-likeness (QED) is 0.391. The Bertz CT molecular complexity index is 1080. The summed E-state index contributed by atoms with van der Waals surface area (Å²) in [6, 6.07) is 24.5. The average molecular weight is 396 g/mol. The summed E-state index contributed by atoms with van der Waals surface area (Å²) < 4.78 is 5.62. The van der Waals surface area contributed by atoms with Crippen molar-refractivity contribution < 1.29 is 14.3 Å².